The largest absolute Gasteiger partial charge is 0.373 e. The van der Waals surface area contributed by atoms with Gasteiger partial charge in [0, 0.05) is 30.3 Å². The van der Waals surface area contributed by atoms with Gasteiger partial charge in [0.2, 0.25) is 0 Å². The van der Waals surface area contributed by atoms with Crippen LogP contribution >= 0.6 is 11.3 Å². The molecule has 0 fully saturated rings. The van der Waals surface area contributed by atoms with Crippen LogP contribution in [0.1, 0.15) is 5.01 Å². The number of nitrogens with one attached hydrogen (secondary N) is 2. The van der Waals surface area contributed by atoms with E-state index in [0.29, 0.717) is 12.4 Å². The van der Waals surface area contributed by atoms with E-state index in [0.717, 1.165) is 22.2 Å². The second kappa shape index (κ2) is 6.32. The summed E-state index contributed by atoms with van der Waals surface area (Å²) in [5.41, 5.74) is 0.992. The number of rotatable bonds is 5. The summed E-state index contributed by atoms with van der Waals surface area (Å²) in [5.74, 6) is 2.26. The van der Waals surface area contributed by atoms with Crippen LogP contribution in [-0.2, 0) is 6.54 Å². The fourth-order valence-electron chi connectivity index (χ4n) is 1.89. The number of hydrogen-bond donors (Lipinski definition) is 2. The lowest BCUT2D eigenvalue weighted by Crippen LogP contribution is -2.04. The van der Waals surface area contributed by atoms with Gasteiger partial charge in [-0.1, -0.05) is 30.3 Å². The Morgan fingerprint density at radius 3 is 2.62 bits per heavy atom. The minimum Gasteiger partial charge on any atom is -0.373 e. The molecule has 0 unspecified atom stereocenters. The first-order chi connectivity index (χ1) is 10.3. The number of anilines is 2. The highest BCUT2D eigenvalue weighted by atomic mass is 32.1. The zero-order valence-corrected chi connectivity index (χ0v) is 12.4. The zero-order valence-electron chi connectivity index (χ0n) is 11.6. The lowest BCUT2D eigenvalue weighted by Gasteiger charge is -2.09. The van der Waals surface area contributed by atoms with Crippen LogP contribution < -0.4 is 10.6 Å². The molecule has 5 nitrogen and oxygen atoms in total. The maximum Gasteiger partial charge on any atom is 0.163 e. The van der Waals surface area contributed by atoms with Crippen molar-refractivity contribution in [3.8, 4) is 11.4 Å². The summed E-state index contributed by atoms with van der Waals surface area (Å²) in [7, 11) is 1.85. The van der Waals surface area contributed by atoms with Crippen molar-refractivity contribution in [2.75, 3.05) is 17.7 Å². The molecular weight excluding hydrogens is 282 g/mol. The molecule has 106 valence electrons. The standard InChI is InChI=1S/C15H15N5S/c1-16-12-9-13(18-10-14-17-7-8-21-14)20-15(19-12)11-5-3-2-4-6-11/h2-9H,10H2,1H3,(H2,16,18,19,20). The van der Waals surface area contributed by atoms with E-state index in [9.17, 15) is 0 Å². The highest BCUT2D eigenvalue weighted by molar-refractivity contribution is 7.09. The summed E-state index contributed by atoms with van der Waals surface area (Å²) >= 11 is 1.62. The molecule has 2 N–H and O–H groups in total. The van der Waals surface area contributed by atoms with Crippen LogP contribution in [0.3, 0.4) is 0 Å². The van der Waals surface area contributed by atoms with E-state index in [1.807, 2.05) is 48.8 Å². The molecular formula is C15H15N5S. The summed E-state index contributed by atoms with van der Waals surface area (Å²) in [6.07, 6.45) is 1.80. The molecule has 0 atom stereocenters. The summed E-state index contributed by atoms with van der Waals surface area (Å²) in [5, 5.41) is 9.35. The first-order valence-corrected chi connectivity index (χ1v) is 7.47. The fraction of sp³-hybridized carbons (Fsp3) is 0.133. The Hall–Kier alpha value is -2.47. The SMILES string of the molecule is CNc1cc(NCc2nccs2)nc(-c2ccccc2)n1. The smallest absolute Gasteiger partial charge is 0.163 e. The Balaban J connectivity index is 1.86. The van der Waals surface area contributed by atoms with E-state index >= 15 is 0 Å². The van der Waals surface area contributed by atoms with Crippen molar-refractivity contribution in [2.45, 2.75) is 6.54 Å². The molecule has 2 aromatic heterocycles. The van der Waals surface area contributed by atoms with Gasteiger partial charge in [-0.05, 0) is 0 Å². The van der Waals surface area contributed by atoms with E-state index in [1.54, 1.807) is 17.5 Å². The molecule has 0 saturated heterocycles. The maximum atomic E-state index is 4.57. The Bertz CT molecular complexity index is 697. The second-order valence-electron chi connectivity index (χ2n) is 4.36. The molecule has 0 aliphatic carbocycles. The number of benzene rings is 1. The summed E-state index contributed by atoms with van der Waals surface area (Å²) in [6.45, 7) is 0.659. The predicted octanol–water partition coefficient (Wildman–Crippen LogP) is 3.25. The maximum absolute atomic E-state index is 4.57. The quantitative estimate of drug-likeness (QED) is 0.757. The molecule has 0 spiro atoms. The van der Waals surface area contributed by atoms with Gasteiger partial charge in [0.1, 0.15) is 16.6 Å². The lowest BCUT2D eigenvalue weighted by atomic mass is 10.2. The van der Waals surface area contributed by atoms with E-state index in [2.05, 4.69) is 25.6 Å². The highest BCUT2D eigenvalue weighted by Gasteiger charge is 2.06. The third kappa shape index (κ3) is 3.35. The van der Waals surface area contributed by atoms with Crippen molar-refractivity contribution in [3.05, 3.63) is 53.0 Å². The van der Waals surface area contributed by atoms with Crippen molar-refractivity contribution < 1.29 is 0 Å². The van der Waals surface area contributed by atoms with Crippen molar-refractivity contribution in [2.24, 2.45) is 0 Å². The van der Waals surface area contributed by atoms with E-state index in [1.165, 1.54) is 0 Å². The van der Waals surface area contributed by atoms with Gasteiger partial charge in [0.15, 0.2) is 5.82 Å². The van der Waals surface area contributed by atoms with Crippen molar-refractivity contribution >= 4 is 23.0 Å². The molecule has 0 saturated carbocycles. The summed E-state index contributed by atoms with van der Waals surface area (Å²) in [4.78, 5) is 13.3. The average Bonchev–Trinajstić information content (AvgIpc) is 3.07. The fourth-order valence-corrected chi connectivity index (χ4v) is 2.44. The van der Waals surface area contributed by atoms with E-state index in [-0.39, 0.29) is 0 Å². The van der Waals surface area contributed by atoms with Gasteiger partial charge in [0.25, 0.3) is 0 Å². The number of thiazole rings is 1. The number of nitrogens with zero attached hydrogens (tertiary/aromatic N) is 3. The topological polar surface area (TPSA) is 62.7 Å². The van der Waals surface area contributed by atoms with E-state index < -0.39 is 0 Å². The third-order valence-corrected chi connectivity index (χ3v) is 3.70. The predicted molar refractivity (Wildman–Crippen MR) is 86.5 cm³/mol. The first kappa shape index (κ1) is 13.5. The molecule has 6 heteroatoms. The lowest BCUT2D eigenvalue weighted by molar-refractivity contribution is 1.06. The Kier molecular flexibility index (Phi) is 4.07. The molecule has 2 heterocycles. The van der Waals surface area contributed by atoms with Gasteiger partial charge in [0.05, 0.1) is 6.54 Å². The number of hydrogen-bond acceptors (Lipinski definition) is 6. The minimum atomic E-state index is 0.659. The average molecular weight is 297 g/mol. The molecule has 0 radical (unpaired) electrons. The Morgan fingerprint density at radius 1 is 1.10 bits per heavy atom. The van der Waals surface area contributed by atoms with Crippen LogP contribution in [0.2, 0.25) is 0 Å². The summed E-state index contributed by atoms with van der Waals surface area (Å²) in [6, 6.07) is 11.8. The van der Waals surface area contributed by atoms with Gasteiger partial charge >= 0.3 is 0 Å². The first-order valence-electron chi connectivity index (χ1n) is 6.59. The van der Waals surface area contributed by atoms with Gasteiger partial charge in [-0.2, -0.15) is 0 Å². The van der Waals surface area contributed by atoms with Gasteiger partial charge in [-0.3, -0.25) is 0 Å². The van der Waals surface area contributed by atoms with Crippen LogP contribution in [0.15, 0.2) is 48.0 Å². The molecule has 3 aromatic rings. The molecule has 0 amide bonds. The highest BCUT2D eigenvalue weighted by Crippen LogP contribution is 2.20. The molecule has 3 rings (SSSR count). The van der Waals surface area contributed by atoms with Crippen LogP contribution in [0.5, 0.6) is 0 Å². The van der Waals surface area contributed by atoms with Crippen LogP contribution in [0.4, 0.5) is 11.6 Å². The Morgan fingerprint density at radius 2 is 1.90 bits per heavy atom. The summed E-state index contributed by atoms with van der Waals surface area (Å²) < 4.78 is 0. The molecule has 0 aliphatic heterocycles. The second-order valence-corrected chi connectivity index (χ2v) is 5.34. The molecule has 21 heavy (non-hydrogen) atoms. The van der Waals surface area contributed by atoms with Gasteiger partial charge < -0.3 is 10.6 Å². The molecule has 0 aliphatic rings. The minimum absolute atomic E-state index is 0.659. The monoisotopic (exact) mass is 297 g/mol. The van der Waals surface area contributed by atoms with Gasteiger partial charge in [-0.25, -0.2) is 15.0 Å². The zero-order chi connectivity index (χ0) is 14.5. The molecule has 0 bridgehead atoms. The van der Waals surface area contributed by atoms with Crippen LogP contribution in [0.25, 0.3) is 11.4 Å². The van der Waals surface area contributed by atoms with Crippen molar-refractivity contribution in [1.29, 1.82) is 0 Å². The van der Waals surface area contributed by atoms with Crippen molar-refractivity contribution in [3.63, 3.8) is 0 Å². The normalized spacial score (nSPS) is 10.3. The van der Waals surface area contributed by atoms with Crippen molar-refractivity contribution in [1.82, 2.24) is 15.0 Å². The molecule has 1 aromatic carbocycles. The Labute approximate surface area is 127 Å². The van der Waals surface area contributed by atoms with Crippen LogP contribution in [0, 0.1) is 0 Å². The van der Waals surface area contributed by atoms with Gasteiger partial charge in [-0.15, -0.1) is 11.3 Å². The third-order valence-electron chi connectivity index (χ3n) is 2.92. The number of aromatic nitrogens is 3. The van der Waals surface area contributed by atoms with E-state index in [4.69, 9.17) is 0 Å². The van der Waals surface area contributed by atoms with Crippen LogP contribution in [-0.4, -0.2) is 22.0 Å².